The normalized spacial score (nSPS) is 22.1. The molecule has 2 aromatic rings. The van der Waals surface area contributed by atoms with Gasteiger partial charge in [0, 0.05) is 12.6 Å². The predicted molar refractivity (Wildman–Crippen MR) is 89.3 cm³/mol. The van der Waals surface area contributed by atoms with Gasteiger partial charge in [0.2, 0.25) is 0 Å². The lowest BCUT2D eigenvalue weighted by molar-refractivity contribution is 0.129. The Labute approximate surface area is 133 Å². The molecule has 1 aliphatic heterocycles. The van der Waals surface area contributed by atoms with Crippen LogP contribution in [0.3, 0.4) is 0 Å². The molecule has 0 spiro atoms. The van der Waals surface area contributed by atoms with Gasteiger partial charge in [-0.3, -0.25) is 4.90 Å². The fourth-order valence-electron chi connectivity index (χ4n) is 3.47. The maximum absolute atomic E-state index is 9.18. The minimum Gasteiger partial charge on any atom is -0.295 e. The first-order valence-electron chi connectivity index (χ1n) is 8.06. The number of benzene rings is 2. The lowest BCUT2D eigenvalue weighted by Crippen LogP contribution is -2.41. The summed E-state index contributed by atoms with van der Waals surface area (Å²) < 4.78 is 0. The van der Waals surface area contributed by atoms with Crippen LogP contribution in [0.15, 0.2) is 60.7 Å². The Kier molecular flexibility index (Phi) is 4.88. The van der Waals surface area contributed by atoms with E-state index in [1.54, 1.807) is 0 Å². The van der Waals surface area contributed by atoms with E-state index in [1.165, 1.54) is 17.5 Å². The Balaban J connectivity index is 1.70. The number of nitrogens with zero attached hydrogens (tertiary/aromatic N) is 2. The van der Waals surface area contributed by atoms with Crippen molar-refractivity contribution in [1.29, 1.82) is 5.26 Å². The SMILES string of the molecule is N#CC[C@@H]1C[C@H](c2ccccc2)CCN1Cc1ccccc1. The molecular weight excluding hydrogens is 268 g/mol. The molecule has 2 nitrogen and oxygen atoms in total. The van der Waals surface area contributed by atoms with Gasteiger partial charge in [-0.1, -0.05) is 60.7 Å². The van der Waals surface area contributed by atoms with Crippen LogP contribution in [-0.2, 0) is 6.54 Å². The summed E-state index contributed by atoms with van der Waals surface area (Å²) in [5.74, 6) is 0.589. The highest BCUT2D eigenvalue weighted by Gasteiger charge is 2.28. The van der Waals surface area contributed by atoms with E-state index < -0.39 is 0 Å². The van der Waals surface area contributed by atoms with E-state index in [4.69, 9.17) is 0 Å². The largest absolute Gasteiger partial charge is 0.295 e. The summed E-state index contributed by atoms with van der Waals surface area (Å²) in [6, 6.07) is 24.1. The van der Waals surface area contributed by atoms with E-state index in [9.17, 15) is 5.26 Å². The molecule has 112 valence electrons. The molecule has 22 heavy (non-hydrogen) atoms. The van der Waals surface area contributed by atoms with Gasteiger partial charge >= 0.3 is 0 Å². The molecule has 1 heterocycles. The van der Waals surface area contributed by atoms with Crippen molar-refractivity contribution in [2.45, 2.75) is 37.8 Å². The summed E-state index contributed by atoms with van der Waals surface area (Å²) in [6.45, 7) is 2.02. The van der Waals surface area contributed by atoms with Crippen LogP contribution in [0.25, 0.3) is 0 Å². The van der Waals surface area contributed by atoms with Crippen LogP contribution in [0, 0.1) is 11.3 Å². The van der Waals surface area contributed by atoms with Gasteiger partial charge in [0.15, 0.2) is 0 Å². The standard InChI is InChI=1S/C20H22N2/c21-13-11-20-15-19(18-9-5-2-6-10-18)12-14-22(20)16-17-7-3-1-4-8-17/h1-10,19-20H,11-12,14-16H2/t19-,20-/m1/s1. The Morgan fingerprint density at radius 1 is 1.00 bits per heavy atom. The van der Waals surface area contributed by atoms with Crippen LogP contribution in [0.1, 0.15) is 36.3 Å². The van der Waals surface area contributed by atoms with Crippen molar-refractivity contribution < 1.29 is 0 Å². The smallest absolute Gasteiger partial charge is 0.0638 e. The van der Waals surface area contributed by atoms with Gasteiger partial charge in [0.05, 0.1) is 12.5 Å². The highest BCUT2D eigenvalue weighted by molar-refractivity contribution is 5.21. The molecule has 0 aromatic heterocycles. The summed E-state index contributed by atoms with van der Waals surface area (Å²) in [5.41, 5.74) is 2.76. The zero-order chi connectivity index (χ0) is 15.2. The van der Waals surface area contributed by atoms with Gasteiger partial charge < -0.3 is 0 Å². The Morgan fingerprint density at radius 2 is 1.68 bits per heavy atom. The third-order valence-corrected chi connectivity index (χ3v) is 4.66. The van der Waals surface area contributed by atoms with Crippen molar-refractivity contribution in [2.24, 2.45) is 0 Å². The molecule has 0 unspecified atom stereocenters. The van der Waals surface area contributed by atoms with Crippen molar-refractivity contribution in [1.82, 2.24) is 4.90 Å². The molecule has 1 saturated heterocycles. The van der Waals surface area contributed by atoms with Gasteiger partial charge in [0.25, 0.3) is 0 Å². The molecule has 2 atom stereocenters. The van der Waals surface area contributed by atoms with Crippen LogP contribution < -0.4 is 0 Å². The van der Waals surface area contributed by atoms with Gasteiger partial charge in [-0.25, -0.2) is 0 Å². The number of nitriles is 1. The van der Waals surface area contributed by atoms with Crippen LogP contribution in [-0.4, -0.2) is 17.5 Å². The van der Waals surface area contributed by atoms with E-state index in [-0.39, 0.29) is 0 Å². The van der Waals surface area contributed by atoms with Crippen LogP contribution in [0.4, 0.5) is 0 Å². The Bertz CT molecular complexity index is 615. The van der Waals surface area contributed by atoms with E-state index >= 15 is 0 Å². The van der Waals surface area contributed by atoms with Crippen molar-refractivity contribution in [3.05, 3.63) is 71.8 Å². The van der Waals surface area contributed by atoms with E-state index in [0.717, 1.165) is 19.5 Å². The fourth-order valence-corrected chi connectivity index (χ4v) is 3.47. The molecule has 1 aliphatic rings. The fraction of sp³-hybridized carbons (Fsp3) is 0.350. The van der Waals surface area contributed by atoms with Crippen molar-refractivity contribution in [3.63, 3.8) is 0 Å². The Hall–Kier alpha value is -2.11. The lowest BCUT2D eigenvalue weighted by atomic mass is 9.84. The molecular formula is C20H22N2. The van der Waals surface area contributed by atoms with Crippen LogP contribution >= 0.6 is 0 Å². The molecule has 1 fully saturated rings. The van der Waals surface area contributed by atoms with E-state index in [2.05, 4.69) is 71.6 Å². The van der Waals surface area contributed by atoms with E-state index in [1.807, 2.05) is 0 Å². The minimum absolute atomic E-state index is 0.365. The number of hydrogen-bond donors (Lipinski definition) is 0. The molecule has 0 saturated carbocycles. The summed E-state index contributed by atoms with van der Waals surface area (Å²) in [6.07, 6.45) is 2.89. The molecule has 3 rings (SSSR count). The number of piperidine rings is 1. The summed E-state index contributed by atoms with van der Waals surface area (Å²) in [5, 5.41) is 9.18. The average Bonchev–Trinajstić information content (AvgIpc) is 2.58. The number of likely N-dealkylation sites (tertiary alicyclic amines) is 1. The molecule has 0 N–H and O–H groups in total. The molecule has 0 bridgehead atoms. The molecule has 0 radical (unpaired) electrons. The van der Waals surface area contributed by atoms with Gasteiger partial charge in [-0.05, 0) is 36.4 Å². The van der Waals surface area contributed by atoms with Crippen LogP contribution in [0.5, 0.6) is 0 Å². The molecule has 0 aliphatic carbocycles. The number of rotatable bonds is 4. The Morgan fingerprint density at radius 3 is 2.36 bits per heavy atom. The zero-order valence-electron chi connectivity index (χ0n) is 12.9. The third kappa shape index (κ3) is 3.55. The summed E-state index contributed by atoms with van der Waals surface area (Å²) in [4.78, 5) is 2.48. The highest BCUT2D eigenvalue weighted by atomic mass is 15.2. The topological polar surface area (TPSA) is 27.0 Å². The summed E-state index contributed by atoms with van der Waals surface area (Å²) in [7, 11) is 0. The van der Waals surface area contributed by atoms with Crippen molar-refractivity contribution in [3.8, 4) is 6.07 Å². The third-order valence-electron chi connectivity index (χ3n) is 4.66. The second-order valence-corrected chi connectivity index (χ2v) is 6.10. The quantitative estimate of drug-likeness (QED) is 0.837. The minimum atomic E-state index is 0.365. The number of hydrogen-bond acceptors (Lipinski definition) is 2. The van der Waals surface area contributed by atoms with Gasteiger partial charge in [0.1, 0.15) is 0 Å². The van der Waals surface area contributed by atoms with Gasteiger partial charge in [-0.15, -0.1) is 0 Å². The first kappa shape index (κ1) is 14.8. The summed E-state index contributed by atoms with van der Waals surface area (Å²) >= 11 is 0. The second kappa shape index (κ2) is 7.24. The van der Waals surface area contributed by atoms with Crippen molar-refractivity contribution >= 4 is 0 Å². The zero-order valence-corrected chi connectivity index (χ0v) is 12.9. The maximum Gasteiger partial charge on any atom is 0.0638 e. The maximum atomic E-state index is 9.18. The molecule has 2 aromatic carbocycles. The second-order valence-electron chi connectivity index (χ2n) is 6.10. The monoisotopic (exact) mass is 290 g/mol. The first-order chi connectivity index (χ1) is 10.9. The van der Waals surface area contributed by atoms with Crippen molar-refractivity contribution in [2.75, 3.05) is 6.54 Å². The average molecular weight is 290 g/mol. The predicted octanol–water partition coefficient (Wildman–Crippen LogP) is 4.35. The molecule has 2 heteroatoms. The molecule has 0 amide bonds. The first-order valence-corrected chi connectivity index (χ1v) is 8.06. The highest BCUT2D eigenvalue weighted by Crippen LogP contribution is 2.33. The van der Waals surface area contributed by atoms with Gasteiger partial charge in [-0.2, -0.15) is 5.26 Å². The van der Waals surface area contributed by atoms with E-state index in [0.29, 0.717) is 18.4 Å². The lowest BCUT2D eigenvalue weighted by Gasteiger charge is -2.39. The van der Waals surface area contributed by atoms with Crippen LogP contribution in [0.2, 0.25) is 0 Å².